The molecular formula is C14H19Cl2FN4O2. The number of halogens is 3. The van der Waals surface area contributed by atoms with Gasteiger partial charge in [0.2, 0.25) is 5.28 Å². The molecule has 2 rings (SSSR count). The Hall–Kier alpha value is -1.34. The highest BCUT2D eigenvalue weighted by Crippen LogP contribution is 2.25. The molecule has 1 N–H and O–H groups in total. The number of rotatable bonds is 3. The molecule has 0 unspecified atom stereocenters. The first-order valence-corrected chi connectivity index (χ1v) is 7.97. The fraction of sp³-hybridized carbons (Fsp3) is 0.643. The number of anilines is 1. The molecule has 128 valence electrons. The Balaban J connectivity index is 2.02. The van der Waals surface area contributed by atoms with Crippen molar-refractivity contribution in [3.8, 4) is 0 Å². The van der Waals surface area contributed by atoms with Crippen molar-refractivity contribution in [2.24, 2.45) is 0 Å². The predicted octanol–water partition coefficient (Wildman–Crippen LogP) is 3.54. The monoisotopic (exact) mass is 364 g/mol. The summed E-state index contributed by atoms with van der Waals surface area (Å²) in [5, 5.41) is 3.33. The van der Waals surface area contributed by atoms with Crippen molar-refractivity contribution in [2.45, 2.75) is 45.0 Å². The van der Waals surface area contributed by atoms with Crippen LogP contribution >= 0.6 is 23.2 Å². The Kier molecular flexibility index (Phi) is 5.52. The zero-order valence-electron chi connectivity index (χ0n) is 13.1. The van der Waals surface area contributed by atoms with Crippen molar-refractivity contribution in [3.63, 3.8) is 0 Å². The molecular weight excluding hydrogens is 346 g/mol. The molecule has 0 saturated carbocycles. The Labute approximate surface area is 144 Å². The lowest BCUT2D eigenvalue weighted by Crippen LogP contribution is -2.42. The highest BCUT2D eigenvalue weighted by atomic mass is 35.5. The zero-order valence-corrected chi connectivity index (χ0v) is 14.7. The second-order valence-corrected chi connectivity index (χ2v) is 7.08. The summed E-state index contributed by atoms with van der Waals surface area (Å²) in [6.07, 6.45) is -0.0183. The number of carbonyl (C=O) groups is 1. The molecule has 0 spiro atoms. The quantitative estimate of drug-likeness (QED) is 0.830. The Morgan fingerprint density at radius 2 is 2.22 bits per heavy atom. The summed E-state index contributed by atoms with van der Waals surface area (Å²) in [5.74, 6) is 0.345. The van der Waals surface area contributed by atoms with E-state index in [0.29, 0.717) is 10.8 Å². The van der Waals surface area contributed by atoms with E-state index in [1.807, 2.05) is 0 Å². The van der Waals surface area contributed by atoms with Crippen molar-refractivity contribution in [1.82, 2.24) is 14.9 Å². The van der Waals surface area contributed by atoms with E-state index in [4.69, 9.17) is 27.9 Å². The molecule has 1 fully saturated rings. The Morgan fingerprint density at radius 1 is 1.52 bits per heavy atom. The van der Waals surface area contributed by atoms with Gasteiger partial charge in [-0.1, -0.05) is 11.6 Å². The van der Waals surface area contributed by atoms with E-state index in [1.54, 1.807) is 20.8 Å². The molecule has 1 saturated heterocycles. The van der Waals surface area contributed by atoms with Crippen LogP contribution < -0.4 is 5.32 Å². The highest BCUT2D eigenvalue weighted by Gasteiger charge is 2.37. The summed E-state index contributed by atoms with van der Waals surface area (Å²) in [5.41, 5.74) is -0.632. The smallest absolute Gasteiger partial charge is 0.410 e. The SMILES string of the molecule is CC(C)(C)OC(=O)N1C[C@@H](F)C[C@H]1CNc1nc(Cl)ncc1Cl. The van der Waals surface area contributed by atoms with Crippen LogP contribution in [0.15, 0.2) is 6.20 Å². The summed E-state index contributed by atoms with van der Waals surface area (Å²) in [7, 11) is 0. The van der Waals surface area contributed by atoms with Gasteiger partial charge in [-0.25, -0.2) is 14.2 Å². The molecule has 9 heteroatoms. The summed E-state index contributed by atoms with van der Waals surface area (Å²) in [6, 6.07) is -0.357. The van der Waals surface area contributed by atoms with Crippen molar-refractivity contribution in [2.75, 3.05) is 18.4 Å². The normalized spacial score (nSPS) is 21.4. The first kappa shape index (κ1) is 18.0. The van der Waals surface area contributed by atoms with Crippen LogP contribution in [0.1, 0.15) is 27.2 Å². The van der Waals surface area contributed by atoms with Crippen molar-refractivity contribution < 1.29 is 13.9 Å². The molecule has 1 aromatic rings. The van der Waals surface area contributed by atoms with Crippen LogP contribution in [-0.4, -0.2) is 51.9 Å². The van der Waals surface area contributed by atoms with Gasteiger partial charge >= 0.3 is 6.09 Å². The first-order valence-electron chi connectivity index (χ1n) is 7.21. The van der Waals surface area contributed by atoms with Gasteiger partial charge in [0.15, 0.2) is 0 Å². The van der Waals surface area contributed by atoms with Gasteiger partial charge in [-0.2, -0.15) is 4.98 Å². The second kappa shape index (κ2) is 7.05. The standard InChI is InChI=1S/C14H19Cl2FN4O2/c1-14(2,3)23-13(22)21-7-8(17)4-9(21)5-18-11-10(15)6-19-12(16)20-11/h6,8-9H,4-5,7H2,1-3H3,(H,18,19,20)/t8-,9-/m0/s1. The van der Waals surface area contributed by atoms with Crippen molar-refractivity contribution in [3.05, 3.63) is 16.5 Å². The van der Waals surface area contributed by atoms with E-state index in [-0.39, 0.29) is 30.8 Å². The van der Waals surface area contributed by atoms with Crippen LogP contribution in [-0.2, 0) is 4.74 Å². The van der Waals surface area contributed by atoms with Gasteiger partial charge < -0.3 is 15.0 Å². The Morgan fingerprint density at radius 3 is 2.87 bits per heavy atom. The number of carbonyl (C=O) groups excluding carboxylic acids is 1. The number of alkyl halides is 1. The fourth-order valence-corrected chi connectivity index (χ4v) is 2.57. The molecule has 1 aliphatic heterocycles. The van der Waals surface area contributed by atoms with Crippen LogP contribution in [0, 0.1) is 0 Å². The van der Waals surface area contributed by atoms with Crippen LogP contribution in [0.3, 0.4) is 0 Å². The largest absolute Gasteiger partial charge is 0.444 e. The molecule has 1 aliphatic rings. The minimum Gasteiger partial charge on any atom is -0.444 e. The maximum atomic E-state index is 13.7. The lowest BCUT2D eigenvalue weighted by Gasteiger charge is -2.28. The number of nitrogens with one attached hydrogen (secondary N) is 1. The van der Waals surface area contributed by atoms with Gasteiger partial charge in [-0.3, -0.25) is 0 Å². The van der Waals surface area contributed by atoms with Gasteiger partial charge in [0.05, 0.1) is 18.8 Å². The molecule has 0 aromatic carbocycles. The van der Waals surface area contributed by atoms with Gasteiger partial charge in [-0.15, -0.1) is 0 Å². The third kappa shape index (κ3) is 5.07. The average Bonchev–Trinajstić information content (AvgIpc) is 2.79. The topological polar surface area (TPSA) is 67.3 Å². The lowest BCUT2D eigenvalue weighted by atomic mass is 10.2. The summed E-state index contributed by atoms with van der Waals surface area (Å²) in [4.78, 5) is 21.3. The average molecular weight is 365 g/mol. The van der Waals surface area contributed by atoms with Crippen LogP contribution in [0.25, 0.3) is 0 Å². The van der Waals surface area contributed by atoms with E-state index in [1.165, 1.54) is 11.1 Å². The number of hydrogen-bond acceptors (Lipinski definition) is 5. The van der Waals surface area contributed by atoms with Crippen LogP contribution in [0.5, 0.6) is 0 Å². The number of aromatic nitrogens is 2. The number of likely N-dealkylation sites (tertiary alicyclic amines) is 1. The minimum atomic E-state index is -1.08. The molecule has 2 atom stereocenters. The molecule has 1 aromatic heterocycles. The maximum absolute atomic E-state index is 13.7. The van der Waals surface area contributed by atoms with Gasteiger partial charge in [-0.05, 0) is 32.4 Å². The second-order valence-electron chi connectivity index (χ2n) is 6.34. The van der Waals surface area contributed by atoms with E-state index in [9.17, 15) is 9.18 Å². The zero-order chi connectivity index (χ0) is 17.2. The summed E-state index contributed by atoms with van der Waals surface area (Å²) < 4.78 is 19.1. The van der Waals surface area contributed by atoms with Gasteiger partial charge in [0.25, 0.3) is 0 Å². The third-order valence-electron chi connectivity index (χ3n) is 3.21. The fourth-order valence-electron chi connectivity index (χ4n) is 2.28. The minimum absolute atomic E-state index is 0.0134. The molecule has 0 radical (unpaired) electrons. The maximum Gasteiger partial charge on any atom is 0.410 e. The first-order chi connectivity index (χ1) is 10.7. The number of amides is 1. The summed E-state index contributed by atoms with van der Waals surface area (Å²) >= 11 is 11.7. The molecule has 2 heterocycles. The lowest BCUT2D eigenvalue weighted by molar-refractivity contribution is 0.0226. The van der Waals surface area contributed by atoms with Crippen molar-refractivity contribution >= 4 is 35.1 Å². The van der Waals surface area contributed by atoms with Gasteiger partial charge in [0.1, 0.15) is 22.6 Å². The molecule has 1 amide bonds. The molecule has 23 heavy (non-hydrogen) atoms. The molecule has 0 aliphatic carbocycles. The number of nitrogens with zero attached hydrogens (tertiary/aromatic N) is 3. The molecule has 0 bridgehead atoms. The molecule has 6 nitrogen and oxygen atoms in total. The van der Waals surface area contributed by atoms with Crippen LogP contribution in [0.4, 0.5) is 15.0 Å². The van der Waals surface area contributed by atoms with Gasteiger partial charge in [0, 0.05) is 13.0 Å². The third-order valence-corrected chi connectivity index (χ3v) is 3.67. The predicted molar refractivity (Wildman–Crippen MR) is 86.8 cm³/mol. The van der Waals surface area contributed by atoms with E-state index in [2.05, 4.69) is 15.3 Å². The summed E-state index contributed by atoms with van der Waals surface area (Å²) in [6.45, 7) is 5.60. The number of hydrogen-bond donors (Lipinski definition) is 1. The van der Waals surface area contributed by atoms with E-state index in [0.717, 1.165) is 0 Å². The number of ether oxygens (including phenoxy) is 1. The van der Waals surface area contributed by atoms with Crippen molar-refractivity contribution in [1.29, 1.82) is 0 Å². The van der Waals surface area contributed by atoms with E-state index >= 15 is 0 Å². The van der Waals surface area contributed by atoms with E-state index < -0.39 is 17.9 Å². The highest BCUT2D eigenvalue weighted by molar-refractivity contribution is 6.33. The van der Waals surface area contributed by atoms with Crippen LogP contribution in [0.2, 0.25) is 10.3 Å². The Bertz CT molecular complexity index is 582.